The summed E-state index contributed by atoms with van der Waals surface area (Å²) >= 11 is 0. The number of methoxy groups -OCH3 is 3. The van der Waals surface area contributed by atoms with Crippen LogP contribution in [0.3, 0.4) is 0 Å². The molecule has 2 aromatic carbocycles. The molecular formula is C23H24O7. The third-order valence-corrected chi connectivity index (χ3v) is 5.13. The van der Waals surface area contributed by atoms with Crippen LogP contribution in [0, 0.1) is 0 Å². The highest BCUT2D eigenvalue weighted by atomic mass is 16.7. The minimum Gasteiger partial charge on any atom is -0.493 e. The van der Waals surface area contributed by atoms with E-state index in [4.69, 9.17) is 28.1 Å². The zero-order valence-corrected chi connectivity index (χ0v) is 17.2. The number of hydrogen-bond donors (Lipinski definition) is 0. The zero-order chi connectivity index (χ0) is 21.1. The van der Waals surface area contributed by atoms with Crippen LogP contribution in [0.25, 0.3) is 22.1 Å². The van der Waals surface area contributed by atoms with Gasteiger partial charge < -0.3 is 28.1 Å². The molecule has 4 rings (SSSR count). The van der Waals surface area contributed by atoms with E-state index in [9.17, 15) is 4.79 Å². The Morgan fingerprint density at radius 3 is 2.37 bits per heavy atom. The van der Waals surface area contributed by atoms with E-state index < -0.39 is 0 Å². The highest BCUT2D eigenvalue weighted by molar-refractivity contribution is 5.83. The molecule has 0 unspecified atom stereocenters. The molecule has 30 heavy (non-hydrogen) atoms. The van der Waals surface area contributed by atoms with Gasteiger partial charge >= 0.3 is 0 Å². The number of ether oxygens (including phenoxy) is 5. The van der Waals surface area contributed by atoms with Crippen molar-refractivity contribution in [3.8, 4) is 34.1 Å². The topological polar surface area (TPSA) is 76.4 Å². The molecule has 0 radical (unpaired) electrons. The van der Waals surface area contributed by atoms with E-state index in [2.05, 4.69) is 0 Å². The van der Waals surface area contributed by atoms with E-state index in [1.54, 1.807) is 30.3 Å². The van der Waals surface area contributed by atoms with Crippen molar-refractivity contribution in [1.82, 2.24) is 0 Å². The predicted octanol–water partition coefficient (Wildman–Crippen LogP) is 4.39. The van der Waals surface area contributed by atoms with Crippen molar-refractivity contribution in [2.45, 2.75) is 25.6 Å². The molecule has 158 valence electrons. The molecule has 1 saturated heterocycles. The Morgan fingerprint density at radius 1 is 0.967 bits per heavy atom. The lowest BCUT2D eigenvalue weighted by atomic mass is 10.0. The SMILES string of the molecule is COc1cc(-c2coc3cc(O[C@@H]4CCCCO4)ccc3c2=O)cc(OC)c1OC. The molecule has 0 bridgehead atoms. The van der Waals surface area contributed by atoms with Crippen LogP contribution in [-0.4, -0.2) is 34.2 Å². The van der Waals surface area contributed by atoms with Crippen LogP contribution in [-0.2, 0) is 4.74 Å². The van der Waals surface area contributed by atoms with Gasteiger partial charge in [0, 0.05) is 12.5 Å². The van der Waals surface area contributed by atoms with Gasteiger partial charge in [0.05, 0.1) is 38.9 Å². The molecule has 0 spiro atoms. The van der Waals surface area contributed by atoms with Crippen molar-refractivity contribution in [2.75, 3.05) is 27.9 Å². The van der Waals surface area contributed by atoms with Gasteiger partial charge in [0.1, 0.15) is 17.6 Å². The van der Waals surface area contributed by atoms with Gasteiger partial charge in [-0.1, -0.05) is 0 Å². The van der Waals surface area contributed by atoms with Crippen LogP contribution in [0.2, 0.25) is 0 Å². The Labute approximate surface area is 174 Å². The largest absolute Gasteiger partial charge is 0.493 e. The molecule has 7 heteroatoms. The fourth-order valence-corrected chi connectivity index (χ4v) is 3.57. The fourth-order valence-electron chi connectivity index (χ4n) is 3.57. The maximum atomic E-state index is 13.1. The molecule has 0 aliphatic carbocycles. The summed E-state index contributed by atoms with van der Waals surface area (Å²) in [5, 5.41) is 0.457. The van der Waals surface area contributed by atoms with Crippen LogP contribution in [0.15, 0.2) is 45.8 Å². The zero-order valence-electron chi connectivity index (χ0n) is 17.2. The van der Waals surface area contributed by atoms with Crippen LogP contribution in [0.5, 0.6) is 23.0 Å². The second-order valence-corrected chi connectivity index (χ2v) is 6.96. The van der Waals surface area contributed by atoms with Crippen molar-refractivity contribution >= 4 is 11.0 Å². The molecule has 7 nitrogen and oxygen atoms in total. The molecule has 0 saturated carbocycles. The highest BCUT2D eigenvalue weighted by Crippen LogP contribution is 2.40. The maximum Gasteiger partial charge on any atom is 0.203 e. The molecular weight excluding hydrogens is 388 g/mol. The van der Waals surface area contributed by atoms with Gasteiger partial charge in [0.2, 0.25) is 5.75 Å². The third-order valence-electron chi connectivity index (χ3n) is 5.13. The lowest BCUT2D eigenvalue weighted by Crippen LogP contribution is -2.24. The van der Waals surface area contributed by atoms with Gasteiger partial charge in [0.15, 0.2) is 23.2 Å². The molecule has 1 aromatic heterocycles. The predicted molar refractivity (Wildman–Crippen MR) is 112 cm³/mol. The van der Waals surface area contributed by atoms with Crippen molar-refractivity contribution in [3.05, 3.63) is 46.8 Å². The summed E-state index contributed by atoms with van der Waals surface area (Å²) in [5.74, 6) is 1.99. The lowest BCUT2D eigenvalue weighted by Gasteiger charge is -2.23. The first-order valence-corrected chi connectivity index (χ1v) is 9.78. The smallest absolute Gasteiger partial charge is 0.203 e. The van der Waals surface area contributed by atoms with Gasteiger partial charge in [0.25, 0.3) is 0 Å². The monoisotopic (exact) mass is 412 g/mol. The Morgan fingerprint density at radius 2 is 1.73 bits per heavy atom. The minimum absolute atomic E-state index is 0.161. The van der Waals surface area contributed by atoms with Crippen LogP contribution in [0.1, 0.15) is 19.3 Å². The van der Waals surface area contributed by atoms with Crippen LogP contribution < -0.4 is 24.4 Å². The van der Waals surface area contributed by atoms with Crippen LogP contribution in [0.4, 0.5) is 0 Å². The van der Waals surface area contributed by atoms with Gasteiger partial charge in [-0.25, -0.2) is 0 Å². The molecule has 0 N–H and O–H groups in total. The van der Waals surface area contributed by atoms with E-state index in [1.165, 1.54) is 27.6 Å². The Balaban J connectivity index is 1.72. The van der Waals surface area contributed by atoms with E-state index in [0.717, 1.165) is 19.3 Å². The third kappa shape index (κ3) is 3.80. The van der Waals surface area contributed by atoms with Crippen molar-refractivity contribution < 1.29 is 28.1 Å². The summed E-state index contributed by atoms with van der Waals surface area (Å²) in [5.41, 5.74) is 1.29. The molecule has 2 heterocycles. The van der Waals surface area contributed by atoms with E-state index >= 15 is 0 Å². The van der Waals surface area contributed by atoms with Crippen molar-refractivity contribution in [2.24, 2.45) is 0 Å². The maximum absolute atomic E-state index is 13.1. The standard InChI is InChI=1S/C23H24O7/c1-25-19-10-14(11-20(26-2)23(19)27-3)17-13-29-18-12-15(7-8-16(18)22(17)24)30-21-6-4-5-9-28-21/h7-8,10-13,21H,4-6,9H2,1-3H3/t21-/m1/s1. The lowest BCUT2D eigenvalue weighted by molar-refractivity contribution is -0.105. The summed E-state index contributed by atoms with van der Waals surface area (Å²) in [6.45, 7) is 0.700. The first-order valence-electron chi connectivity index (χ1n) is 9.78. The van der Waals surface area contributed by atoms with Gasteiger partial charge in [-0.2, -0.15) is 0 Å². The van der Waals surface area contributed by atoms with Crippen LogP contribution >= 0.6 is 0 Å². The molecule has 1 aliphatic heterocycles. The summed E-state index contributed by atoms with van der Waals surface area (Å²) < 4.78 is 33.4. The first-order chi connectivity index (χ1) is 14.6. The second-order valence-electron chi connectivity index (χ2n) is 6.96. The van der Waals surface area contributed by atoms with Crippen molar-refractivity contribution in [3.63, 3.8) is 0 Å². The second kappa shape index (κ2) is 8.67. The number of rotatable bonds is 6. The Kier molecular flexibility index (Phi) is 5.81. The summed E-state index contributed by atoms with van der Waals surface area (Å²) in [6.07, 6.45) is 4.15. The molecule has 1 fully saturated rings. The fraction of sp³-hybridized carbons (Fsp3) is 0.348. The Bertz CT molecular complexity index is 1070. The molecule has 0 amide bonds. The van der Waals surface area contributed by atoms with Gasteiger partial charge in [-0.3, -0.25) is 4.79 Å². The Hall–Kier alpha value is -3.19. The summed E-state index contributed by atoms with van der Waals surface area (Å²) in [6, 6.07) is 8.62. The van der Waals surface area contributed by atoms with E-state index in [0.29, 0.717) is 51.7 Å². The molecule has 3 aromatic rings. The quantitative estimate of drug-likeness (QED) is 0.594. The van der Waals surface area contributed by atoms with Gasteiger partial charge in [-0.05, 0) is 42.7 Å². The summed E-state index contributed by atoms with van der Waals surface area (Å²) in [4.78, 5) is 13.1. The molecule has 1 aliphatic rings. The number of hydrogen-bond acceptors (Lipinski definition) is 7. The average Bonchev–Trinajstić information content (AvgIpc) is 2.79. The van der Waals surface area contributed by atoms with E-state index in [-0.39, 0.29) is 11.7 Å². The van der Waals surface area contributed by atoms with Gasteiger partial charge in [-0.15, -0.1) is 0 Å². The summed E-state index contributed by atoms with van der Waals surface area (Å²) in [7, 11) is 4.59. The minimum atomic E-state index is -0.263. The molecule has 1 atom stereocenters. The van der Waals surface area contributed by atoms with Crippen molar-refractivity contribution in [1.29, 1.82) is 0 Å². The average molecular weight is 412 g/mol. The number of benzene rings is 2. The number of fused-ring (bicyclic) bond motifs is 1. The highest BCUT2D eigenvalue weighted by Gasteiger charge is 2.19. The van der Waals surface area contributed by atoms with E-state index in [1.807, 2.05) is 0 Å². The normalized spacial score (nSPS) is 16.3. The first kappa shape index (κ1) is 20.1.